The Kier molecular flexibility index (Phi) is 3.66. The Morgan fingerprint density at radius 3 is 2.46 bits per heavy atom. The zero-order valence-electron chi connectivity index (χ0n) is 7.87. The number of aliphatic hydroxyl groups is 1. The molecule has 0 bridgehead atoms. The van der Waals surface area contributed by atoms with E-state index in [-0.39, 0.29) is 12.1 Å². The standard InChI is InChI=1S/C9H16FNO2/c1-11(9(13)6-10)7-2-4-8(12)5-3-7/h7-8,12H,2-6H2,1H3. The van der Waals surface area contributed by atoms with Gasteiger partial charge >= 0.3 is 0 Å². The number of aliphatic hydroxyl groups excluding tert-OH is 1. The van der Waals surface area contributed by atoms with Crippen LogP contribution in [0.4, 0.5) is 4.39 Å². The summed E-state index contributed by atoms with van der Waals surface area (Å²) in [5, 5.41) is 9.23. The van der Waals surface area contributed by atoms with Crippen LogP contribution in [0.5, 0.6) is 0 Å². The Bertz CT molecular complexity index is 178. The van der Waals surface area contributed by atoms with Gasteiger partial charge in [-0.2, -0.15) is 0 Å². The molecule has 1 N–H and O–H groups in total. The molecule has 0 aromatic carbocycles. The summed E-state index contributed by atoms with van der Waals surface area (Å²) < 4.78 is 12.0. The van der Waals surface area contributed by atoms with E-state index in [2.05, 4.69) is 0 Å². The summed E-state index contributed by atoms with van der Waals surface area (Å²) in [5.74, 6) is -0.457. The Morgan fingerprint density at radius 1 is 1.46 bits per heavy atom. The highest BCUT2D eigenvalue weighted by Crippen LogP contribution is 2.22. The van der Waals surface area contributed by atoms with Gasteiger partial charge in [0.05, 0.1) is 6.10 Å². The molecule has 0 atom stereocenters. The molecule has 76 valence electrons. The molecule has 1 fully saturated rings. The molecule has 0 saturated heterocycles. The maximum Gasteiger partial charge on any atom is 0.253 e. The Labute approximate surface area is 77.5 Å². The molecule has 0 heterocycles. The molecule has 13 heavy (non-hydrogen) atoms. The molecule has 0 aromatic heterocycles. The molecule has 1 rings (SSSR count). The zero-order valence-corrected chi connectivity index (χ0v) is 7.87. The van der Waals surface area contributed by atoms with E-state index in [1.807, 2.05) is 0 Å². The van der Waals surface area contributed by atoms with Gasteiger partial charge in [-0.15, -0.1) is 0 Å². The van der Waals surface area contributed by atoms with Crippen LogP contribution in [0.15, 0.2) is 0 Å². The lowest BCUT2D eigenvalue weighted by Crippen LogP contribution is -2.40. The molecular weight excluding hydrogens is 173 g/mol. The van der Waals surface area contributed by atoms with Crippen molar-refractivity contribution in [2.45, 2.75) is 37.8 Å². The quantitative estimate of drug-likeness (QED) is 0.695. The van der Waals surface area contributed by atoms with E-state index in [9.17, 15) is 14.3 Å². The summed E-state index contributed by atoms with van der Waals surface area (Å²) >= 11 is 0. The average molecular weight is 189 g/mol. The molecule has 1 aliphatic carbocycles. The van der Waals surface area contributed by atoms with Crippen LogP contribution in [0.1, 0.15) is 25.7 Å². The number of nitrogens with zero attached hydrogens (tertiary/aromatic N) is 1. The van der Waals surface area contributed by atoms with E-state index >= 15 is 0 Å². The van der Waals surface area contributed by atoms with E-state index in [1.54, 1.807) is 7.05 Å². The second kappa shape index (κ2) is 4.56. The fraction of sp³-hybridized carbons (Fsp3) is 0.889. The smallest absolute Gasteiger partial charge is 0.253 e. The monoisotopic (exact) mass is 189 g/mol. The van der Waals surface area contributed by atoms with Gasteiger partial charge < -0.3 is 10.0 Å². The summed E-state index contributed by atoms with van der Waals surface area (Å²) in [6, 6.07) is 0.117. The highest BCUT2D eigenvalue weighted by molar-refractivity contribution is 5.77. The minimum absolute atomic E-state index is 0.117. The number of hydrogen-bond donors (Lipinski definition) is 1. The first-order valence-electron chi connectivity index (χ1n) is 4.65. The van der Waals surface area contributed by atoms with Gasteiger partial charge in [-0.25, -0.2) is 4.39 Å². The fourth-order valence-electron chi connectivity index (χ4n) is 1.74. The van der Waals surface area contributed by atoms with Crippen molar-refractivity contribution in [3.8, 4) is 0 Å². The first-order valence-corrected chi connectivity index (χ1v) is 4.65. The summed E-state index contributed by atoms with van der Waals surface area (Å²) in [7, 11) is 1.63. The molecule has 1 saturated carbocycles. The molecule has 0 radical (unpaired) electrons. The van der Waals surface area contributed by atoms with Gasteiger partial charge in [0.15, 0.2) is 6.67 Å². The van der Waals surface area contributed by atoms with Gasteiger partial charge in [0.2, 0.25) is 0 Å². The van der Waals surface area contributed by atoms with Crippen LogP contribution in [0.3, 0.4) is 0 Å². The number of amides is 1. The first-order chi connectivity index (χ1) is 6.15. The number of hydrogen-bond acceptors (Lipinski definition) is 2. The van der Waals surface area contributed by atoms with Gasteiger partial charge in [0, 0.05) is 13.1 Å². The molecule has 3 nitrogen and oxygen atoms in total. The highest BCUT2D eigenvalue weighted by Gasteiger charge is 2.25. The van der Waals surface area contributed by atoms with Gasteiger partial charge in [0.1, 0.15) is 0 Å². The SMILES string of the molecule is CN(C(=O)CF)C1CCC(O)CC1. The second-order valence-electron chi connectivity index (χ2n) is 3.60. The number of halogens is 1. The van der Waals surface area contributed by atoms with Crippen molar-refractivity contribution in [3.63, 3.8) is 0 Å². The molecule has 4 heteroatoms. The molecular formula is C9H16FNO2. The second-order valence-corrected chi connectivity index (χ2v) is 3.60. The van der Waals surface area contributed by atoms with E-state index in [4.69, 9.17) is 0 Å². The summed E-state index contributed by atoms with van der Waals surface area (Å²) in [6.45, 7) is -0.921. The van der Waals surface area contributed by atoms with Crippen LogP contribution in [-0.4, -0.2) is 41.8 Å². The molecule has 0 spiro atoms. The third kappa shape index (κ3) is 2.66. The topological polar surface area (TPSA) is 40.5 Å². The minimum Gasteiger partial charge on any atom is -0.393 e. The van der Waals surface area contributed by atoms with Crippen molar-refractivity contribution in [2.24, 2.45) is 0 Å². The fourth-order valence-corrected chi connectivity index (χ4v) is 1.74. The number of carbonyl (C=O) groups is 1. The Hall–Kier alpha value is -0.640. The Morgan fingerprint density at radius 2 is 2.00 bits per heavy atom. The predicted octanol–water partition coefficient (Wildman–Crippen LogP) is 0.718. The molecule has 1 aliphatic rings. The number of carbonyl (C=O) groups excluding carboxylic acids is 1. The lowest BCUT2D eigenvalue weighted by atomic mass is 9.92. The van der Waals surface area contributed by atoms with Crippen LogP contribution < -0.4 is 0 Å². The van der Waals surface area contributed by atoms with E-state index < -0.39 is 12.6 Å². The van der Waals surface area contributed by atoms with E-state index in [0.29, 0.717) is 12.8 Å². The van der Waals surface area contributed by atoms with Crippen molar-refractivity contribution in [2.75, 3.05) is 13.7 Å². The predicted molar refractivity (Wildman–Crippen MR) is 47.0 cm³/mol. The zero-order chi connectivity index (χ0) is 9.84. The minimum atomic E-state index is -0.921. The van der Waals surface area contributed by atoms with Crippen molar-refractivity contribution in [3.05, 3.63) is 0 Å². The molecule has 0 unspecified atom stereocenters. The van der Waals surface area contributed by atoms with Crippen LogP contribution in [0, 0.1) is 0 Å². The number of rotatable bonds is 2. The van der Waals surface area contributed by atoms with Crippen LogP contribution in [0.25, 0.3) is 0 Å². The van der Waals surface area contributed by atoms with Crippen molar-refractivity contribution in [1.29, 1.82) is 0 Å². The van der Waals surface area contributed by atoms with Crippen molar-refractivity contribution < 1.29 is 14.3 Å². The first kappa shape index (κ1) is 10.4. The van der Waals surface area contributed by atoms with Crippen LogP contribution >= 0.6 is 0 Å². The highest BCUT2D eigenvalue weighted by atomic mass is 19.1. The van der Waals surface area contributed by atoms with Gasteiger partial charge in [0.25, 0.3) is 5.91 Å². The summed E-state index contributed by atoms with van der Waals surface area (Å²) in [5.41, 5.74) is 0. The Balaban J connectivity index is 2.39. The summed E-state index contributed by atoms with van der Waals surface area (Å²) in [4.78, 5) is 12.4. The number of alkyl halides is 1. The average Bonchev–Trinajstić information content (AvgIpc) is 2.17. The molecule has 1 amide bonds. The van der Waals surface area contributed by atoms with E-state index in [1.165, 1.54) is 4.90 Å². The third-order valence-corrected chi connectivity index (χ3v) is 2.72. The van der Waals surface area contributed by atoms with Gasteiger partial charge in [-0.05, 0) is 25.7 Å². The third-order valence-electron chi connectivity index (χ3n) is 2.72. The van der Waals surface area contributed by atoms with Crippen molar-refractivity contribution >= 4 is 5.91 Å². The van der Waals surface area contributed by atoms with Crippen LogP contribution in [-0.2, 0) is 4.79 Å². The largest absolute Gasteiger partial charge is 0.393 e. The lowest BCUT2D eigenvalue weighted by molar-refractivity contribution is -0.133. The van der Waals surface area contributed by atoms with Gasteiger partial charge in [-0.1, -0.05) is 0 Å². The lowest BCUT2D eigenvalue weighted by Gasteiger charge is -2.32. The van der Waals surface area contributed by atoms with E-state index in [0.717, 1.165) is 12.8 Å². The molecule has 0 aromatic rings. The van der Waals surface area contributed by atoms with Gasteiger partial charge in [-0.3, -0.25) is 4.79 Å². The summed E-state index contributed by atoms with van der Waals surface area (Å²) in [6.07, 6.45) is 2.76. The van der Waals surface area contributed by atoms with Crippen LogP contribution in [0.2, 0.25) is 0 Å². The van der Waals surface area contributed by atoms with Crippen molar-refractivity contribution in [1.82, 2.24) is 4.90 Å². The maximum atomic E-state index is 12.0. The normalized spacial score (nSPS) is 28.5. The maximum absolute atomic E-state index is 12.0. The molecule has 0 aliphatic heterocycles.